The molecule has 0 atom stereocenters. The average molecular weight is 262 g/mol. The van der Waals surface area contributed by atoms with Crippen LogP contribution in [-0.2, 0) is 4.79 Å². The Balaban J connectivity index is 3.40. The summed E-state index contributed by atoms with van der Waals surface area (Å²) in [6, 6.07) is 2.64. The van der Waals surface area contributed by atoms with Gasteiger partial charge in [0.25, 0.3) is 5.69 Å². The molecule has 0 radical (unpaired) electrons. The van der Waals surface area contributed by atoms with Crippen LogP contribution in [0, 0.1) is 10.1 Å². The number of nitro benzene ring substituents is 1. The van der Waals surface area contributed by atoms with E-state index in [1.54, 1.807) is 0 Å². The molecule has 5 nitrogen and oxygen atoms in total. The molecule has 0 amide bonds. The normalized spacial score (nSPS) is 10.6. The van der Waals surface area contributed by atoms with E-state index in [0.717, 1.165) is 12.2 Å². The van der Waals surface area contributed by atoms with Crippen molar-refractivity contribution in [2.24, 2.45) is 0 Å². The van der Waals surface area contributed by atoms with Crippen LogP contribution in [0.5, 0.6) is 0 Å². The second-order valence-corrected chi connectivity index (χ2v) is 3.53. The molecular weight excluding hydrogens is 257 g/mol. The first-order chi connectivity index (χ1) is 7.43. The Hall–Kier alpha value is -1.59. The molecule has 1 aromatic carbocycles. The molecule has 0 spiro atoms. The third-order valence-corrected chi connectivity index (χ3v) is 2.32. The van der Waals surface area contributed by atoms with Crippen LogP contribution in [0.15, 0.2) is 18.2 Å². The molecule has 16 heavy (non-hydrogen) atoms. The number of nitrogens with zero attached hydrogens (tertiary/aromatic N) is 1. The van der Waals surface area contributed by atoms with Crippen LogP contribution in [0.25, 0.3) is 6.08 Å². The first kappa shape index (κ1) is 12.5. The van der Waals surface area contributed by atoms with Crippen molar-refractivity contribution in [1.82, 2.24) is 0 Å². The lowest BCUT2D eigenvalue weighted by atomic mass is 10.1. The Morgan fingerprint density at radius 3 is 2.44 bits per heavy atom. The van der Waals surface area contributed by atoms with Crippen LogP contribution in [0.1, 0.15) is 5.56 Å². The van der Waals surface area contributed by atoms with Gasteiger partial charge in [0.2, 0.25) is 0 Å². The lowest BCUT2D eigenvalue weighted by Crippen LogP contribution is -1.94. The quantitative estimate of drug-likeness (QED) is 0.515. The SMILES string of the molecule is O=C(O)/C=C/c1c(Cl)ccc(Cl)c1[N+](=O)[O-]. The van der Waals surface area contributed by atoms with Crippen molar-refractivity contribution in [3.05, 3.63) is 43.9 Å². The maximum absolute atomic E-state index is 10.7. The van der Waals surface area contributed by atoms with Gasteiger partial charge in [-0.25, -0.2) is 4.79 Å². The fourth-order valence-corrected chi connectivity index (χ4v) is 1.50. The number of rotatable bonds is 3. The minimum absolute atomic E-state index is 0.0263. The van der Waals surface area contributed by atoms with E-state index < -0.39 is 16.6 Å². The molecule has 0 aromatic heterocycles. The summed E-state index contributed by atoms with van der Waals surface area (Å²) < 4.78 is 0. The number of nitro groups is 1. The summed E-state index contributed by atoms with van der Waals surface area (Å²) in [6.45, 7) is 0. The van der Waals surface area contributed by atoms with Gasteiger partial charge in [-0.3, -0.25) is 10.1 Å². The molecule has 0 unspecified atom stereocenters. The topological polar surface area (TPSA) is 80.4 Å². The van der Waals surface area contributed by atoms with E-state index in [4.69, 9.17) is 28.3 Å². The van der Waals surface area contributed by atoms with Crippen molar-refractivity contribution >= 4 is 40.9 Å². The first-order valence-corrected chi connectivity index (χ1v) is 4.72. The van der Waals surface area contributed by atoms with Gasteiger partial charge in [-0.05, 0) is 18.2 Å². The molecule has 0 saturated heterocycles. The number of benzene rings is 1. The standard InChI is InChI=1S/C9H5Cl2NO4/c10-6-2-3-7(11)9(12(15)16)5(6)1-4-8(13)14/h1-4H,(H,13,14)/b4-1+. The van der Waals surface area contributed by atoms with Gasteiger partial charge in [-0.15, -0.1) is 0 Å². The Morgan fingerprint density at radius 1 is 1.38 bits per heavy atom. The van der Waals surface area contributed by atoms with E-state index in [0.29, 0.717) is 0 Å². The van der Waals surface area contributed by atoms with Gasteiger partial charge < -0.3 is 5.11 Å². The molecule has 0 bridgehead atoms. The van der Waals surface area contributed by atoms with Crippen molar-refractivity contribution in [3.8, 4) is 0 Å². The van der Waals surface area contributed by atoms with Crippen molar-refractivity contribution in [3.63, 3.8) is 0 Å². The second kappa shape index (κ2) is 4.96. The van der Waals surface area contributed by atoms with Crippen molar-refractivity contribution in [1.29, 1.82) is 0 Å². The largest absolute Gasteiger partial charge is 0.478 e. The number of carbonyl (C=O) groups is 1. The second-order valence-electron chi connectivity index (χ2n) is 2.72. The molecule has 1 rings (SSSR count). The highest BCUT2D eigenvalue weighted by molar-refractivity contribution is 6.36. The Kier molecular flexibility index (Phi) is 3.87. The van der Waals surface area contributed by atoms with Gasteiger partial charge in [-0.2, -0.15) is 0 Å². The fourth-order valence-electron chi connectivity index (χ4n) is 1.06. The van der Waals surface area contributed by atoms with Crippen LogP contribution < -0.4 is 0 Å². The zero-order valence-corrected chi connectivity index (χ0v) is 9.20. The van der Waals surface area contributed by atoms with Gasteiger partial charge in [0, 0.05) is 6.08 Å². The molecule has 1 aromatic rings. The summed E-state index contributed by atoms with van der Waals surface area (Å²) in [5.74, 6) is -1.23. The smallest absolute Gasteiger partial charge is 0.328 e. The maximum Gasteiger partial charge on any atom is 0.328 e. The zero-order valence-electron chi connectivity index (χ0n) is 7.68. The lowest BCUT2D eigenvalue weighted by molar-refractivity contribution is -0.384. The molecular formula is C9H5Cl2NO4. The van der Waals surface area contributed by atoms with Crippen molar-refractivity contribution < 1.29 is 14.8 Å². The van der Waals surface area contributed by atoms with Crippen LogP contribution in [-0.4, -0.2) is 16.0 Å². The molecule has 0 aliphatic rings. The highest BCUT2D eigenvalue weighted by Crippen LogP contribution is 2.34. The summed E-state index contributed by atoms with van der Waals surface area (Å²) in [5.41, 5.74) is -0.437. The van der Waals surface area contributed by atoms with Gasteiger partial charge in [0.05, 0.1) is 15.5 Å². The van der Waals surface area contributed by atoms with Gasteiger partial charge in [-0.1, -0.05) is 23.2 Å². The Morgan fingerprint density at radius 2 is 1.94 bits per heavy atom. The molecule has 0 aliphatic heterocycles. The molecule has 84 valence electrons. The number of aliphatic carboxylic acids is 1. The van der Waals surface area contributed by atoms with E-state index in [-0.39, 0.29) is 15.6 Å². The number of hydrogen-bond acceptors (Lipinski definition) is 3. The maximum atomic E-state index is 10.7. The van der Waals surface area contributed by atoms with Gasteiger partial charge in [0.1, 0.15) is 5.02 Å². The highest BCUT2D eigenvalue weighted by Gasteiger charge is 2.19. The third kappa shape index (κ3) is 2.71. The third-order valence-electron chi connectivity index (χ3n) is 1.69. The summed E-state index contributed by atoms with van der Waals surface area (Å²) in [5, 5.41) is 19.1. The Labute approximate surface area is 100 Å². The predicted octanol–water partition coefficient (Wildman–Crippen LogP) is 3.00. The fraction of sp³-hybridized carbons (Fsp3) is 0. The summed E-state index contributed by atoms with van der Waals surface area (Å²) >= 11 is 11.4. The van der Waals surface area contributed by atoms with Gasteiger partial charge >= 0.3 is 5.97 Å². The van der Waals surface area contributed by atoms with Crippen molar-refractivity contribution in [2.45, 2.75) is 0 Å². The van der Waals surface area contributed by atoms with Gasteiger partial charge in [0.15, 0.2) is 0 Å². The predicted molar refractivity (Wildman–Crippen MR) is 59.8 cm³/mol. The molecule has 0 aliphatic carbocycles. The minimum atomic E-state index is -1.23. The van der Waals surface area contributed by atoms with Crippen molar-refractivity contribution in [2.75, 3.05) is 0 Å². The van der Waals surface area contributed by atoms with E-state index in [2.05, 4.69) is 0 Å². The number of carboxylic acid groups (broad SMARTS) is 1. The van der Waals surface area contributed by atoms with Crippen LogP contribution in [0.3, 0.4) is 0 Å². The molecule has 7 heteroatoms. The molecule has 0 fully saturated rings. The highest BCUT2D eigenvalue weighted by atomic mass is 35.5. The number of carboxylic acids is 1. The summed E-state index contributed by atoms with van der Waals surface area (Å²) in [7, 11) is 0. The number of hydrogen-bond donors (Lipinski definition) is 1. The van der Waals surface area contributed by atoms with E-state index in [1.165, 1.54) is 12.1 Å². The zero-order chi connectivity index (χ0) is 12.3. The molecule has 0 saturated carbocycles. The monoisotopic (exact) mass is 261 g/mol. The van der Waals surface area contributed by atoms with E-state index >= 15 is 0 Å². The number of halogens is 2. The first-order valence-electron chi connectivity index (χ1n) is 3.97. The summed E-state index contributed by atoms with van der Waals surface area (Å²) in [4.78, 5) is 20.3. The molecule has 1 N–H and O–H groups in total. The van der Waals surface area contributed by atoms with Crippen LogP contribution in [0.2, 0.25) is 10.0 Å². The van der Waals surface area contributed by atoms with E-state index in [1.807, 2.05) is 0 Å². The van der Waals surface area contributed by atoms with E-state index in [9.17, 15) is 14.9 Å². The Bertz CT molecular complexity index is 485. The summed E-state index contributed by atoms with van der Waals surface area (Å²) in [6.07, 6.45) is 1.79. The average Bonchev–Trinajstić information content (AvgIpc) is 2.18. The molecule has 0 heterocycles. The lowest BCUT2D eigenvalue weighted by Gasteiger charge is -2.01. The van der Waals surface area contributed by atoms with Crippen LogP contribution in [0.4, 0.5) is 5.69 Å². The van der Waals surface area contributed by atoms with Crippen LogP contribution >= 0.6 is 23.2 Å². The minimum Gasteiger partial charge on any atom is -0.478 e.